The van der Waals surface area contributed by atoms with E-state index >= 15 is 0 Å². The first kappa shape index (κ1) is 13.9. The Kier molecular flexibility index (Phi) is 4.02. The van der Waals surface area contributed by atoms with Crippen molar-refractivity contribution in [2.24, 2.45) is 11.7 Å². The molecule has 1 atom stereocenters. The first-order valence-corrected chi connectivity index (χ1v) is 7.65. The molecule has 1 aliphatic rings. The molecule has 0 amide bonds. The minimum atomic E-state index is 0.126. The van der Waals surface area contributed by atoms with Gasteiger partial charge < -0.3 is 5.73 Å². The molecule has 0 heterocycles. The summed E-state index contributed by atoms with van der Waals surface area (Å²) in [6, 6.07) is 14.4. The molecule has 0 aliphatic heterocycles. The third-order valence-electron chi connectivity index (χ3n) is 4.16. The van der Waals surface area contributed by atoms with Crippen molar-refractivity contribution in [2.45, 2.75) is 25.3 Å². The van der Waals surface area contributed by atoms with E-state index in [1.165, 1.54) is 11.1 Å². The van der Waals surface area contributed by atoms with E-state index in [4.69, 9.17) is 28.9 Å². The van der Waals surface area contributed by atoms with Crippen molar-refractivity contribution in [3.63, 3.8) is 0 Å². The van der Waals surface area contributed by atoms with E-state index in [0.29, 0.717) is 16.0 Å². The predicted octanol–water partition coefficient (Wildman–Crippen LogP) is 4.28. The SMILES string of the molecule is NC(Cc1ccc(Cl)cc1Cl)C1Cc2ccccc2C1. The molecule has 1 unspecified atom stereocenters. The second-order valence-corrected chi connectivity index (χ2v) is 6.38. The number of hydrogen-bond acceptors (Lipinski definition) is 1. The van der Waals surface area contributed by atoms with Crippen molar-refractivity contribution in [3.05, 3.63) is 69.2 Å². The molecule has 2 aromatic rings. The molecule has 1 aliphatic carbocycles. The van der Waals surface area contributed by atoms with Crippen LogP contribution in [0.5, 0.6) is 0 Å². The van der Waals surface area contributed by atoms with Crippen LogP contribution >= 0.6 is 23.2 Å². The van der Waals surface area contributed by atoms with Crippen LogP contribution in [0.3, 0.4) is 0 Å². The van der Waals surface area contributed by atoms with Crippen molar-refractivity contribution in [1.82, 2.24) is 0 Å². The van der Waals surface area contributed by atoms with Gasteiger partial charge in [0.25, 0.3) is 0 Å². The fourth-order valence-electron chi connectivity index (χ4n) is 3.00. The third kappa shape index (κ3) is 2.85. The van der Waals surface area contributed by atoms with Gasteiger partial charge in [-0.25, -0.2) is 0 Å². The lowest BCUT2D eigenvalue weighted by molar-refractivity contribution is 0.437. The molecule has 0 saturated carbocycles. The predicted molar refractivity (Wildman–Crippen MR) is 85.5 cm³/mol. The zero-order chi connectivity index (χ0) is 14.1. The zero-order valence-corrected chi connectivity index (χ0v) is 12.7. The van der Waals surface area contributed by atoms with Crippen molar-refractivity contribution < 1.29 is 0 Å². The van der Waals surface area contributed by atoms with Gasteiger partial charge >= 0.3 is 0 Å². The summed E-state index contributed by atoms with van der Waals surface area (Å²) < 4.78 is 0. The van der Waals surface area contributed by atoms with E-state index in [0.717, 1.165) is 24.8 Å². The molecule has 104 valence electrons. The second-order valence-electron chi connectivity index (χ2n) is 5.54. The van der Waals surface area contributed by atoms with Gasteiger partial charge in [0.1, 0.15) is 0 Å². The summed E-state index contributed by atoms with van der Waals surface area (Å²) >= 11 is 12.2. The fourth-order valence-corrected chi connectivity index (χ4v) is 3.49. The molecule has 0 aromatic heterocycles. The summed E-state index contributed by atoms with van der Waals surface area (Å²) in [4.78, 5) is 0. The van der Waals surface area contributed by atoms with Crippen LogP contribution in [0.4, 0.5) is 0 Å². The lowest BCUT2D eigenvalue weighted by atomic mass is 9.92. The van der Waals surface area contributed by atoms with Crippen molar-refractivity contribution >= 4 is 23.2 Å². The largest absolute Gasteiger partial charge is 0.327 e. The number of fused-ring (bicyclic) bond motifs is 1. The highest BCUT2D eigenvalue weighted by Crippen LogP contribution is 2.30. The second kappa shape index (κ2) is 5.77. The van der Waals surface area contributed by atoms with Crippen LogP contribution in [0.25, 0.3) is 0 Å². The van der Waals surface area contributed by atoms with Gasteiger partial charge in [0, 0.05) is 16.1 Å². The van der Waals surface area contributed by atoms with Crippen LogP contribution < -0.4 is 5.73 Å². The molecule has 0 fully saturated rings. The van der Waals surface area contributed by atoms with Gasteiger partial charge in [-0.2, -0.15) is 0 Å². The van der Waals surface area contributed by atoms with E-state index in [9.17, 15) is 0 Å². The molecular weight excluding hydrogens is 289 g/mol. The maximum absolute atomic E-state index is 6.41. The first-order valence-electron chi connectivity index (χ1n) is 6.90. The summed E-state index contributed by atoms with van der Waals surface area (Å²) in [5, 5.41) is 1.38. The molecule has 1 nitrogen and oxygen atoms in total. The van der Waals surface area contributed by atoms with Gasteiger partial charge in [-0.05, 0) is 54.0 Å². The third-order valence-corrected chi connectivity index (χ3v) is 4.75. The van der Waals surface area contributed by atoms with Crippen molar-refractivity contribution in [1.29, 1.82) is 0 Å². The lowest BCUT2D eigenvalue weighted by Gasteiger charge is -2.19. The van der Waals surface area contributed by atoms with E-state index in [1.54, 1.807) is 6.07 Å². The van der Waals surface area contributed by atoms with Crippen LogP contribution in [-0.2, 0) is 19.3 Å². The Morgan fingerprint density at radius 1 is 1.05 bits per heavy atom. The number of benzene rings is 2. The maximum atomic E-state index is 6.41. The Morgan fingerprint density at radius 3 is 2.30 bits per heavy atom. The average molecular weight is 306 g/mol. The Labute approximate surface area is 129 Å². The van der Waals surface area contributed by atoms with E-state index in [1.807, 2.05) is 12.1 Å². The quantitative estimate of drug-likeness (QED) is 0.900. The molecule has 20 heavy (non-hydrogen) atoms. The highest BCUT2D eigenvalue weighted by Gasteiger charge is 2.26. The summed E-state index contributed by atoms with van der Waals surface area (Å²) in [6.07, 6.45) is 2.94. The van der Waals surface area contributed by atoms with E-state index < -0.39 is 0 Å². The van der Waals surface area contributed by atoms with Crippen LogP contribution in [0.15, 0.2) is 42.5 Å². The Morgan fingerprint density at radius 2 is 1.70 bits per heavy atom. The molecule has 2 N–H and O–H groups in total. The molecule has 0 radical (unpaired) electrons. The Hall–Kier alpha value is -1.02. The van der Waals surface area contributed by atoms with Gasteiger partial charge in [-0.3, -0.25) is 0 Å². The monoisotopic (exact) mass is 305 g/mol. The van der Waals surface area contributed by atoms with Crippen molar-refractivity contribution in [3.8, 4) is 0 Å². The average Bonchev–Trinajstić information content (AvgIpc) is 2.86. The number of halogens is 2. The topological polar surface area (TPSA) is 26.0 Å². The molecule has 0 saturated heterocycles. The summed E-state index contributed by atoms with van der Waals surface area (Å²) in [5.41, 5.74) is 10.4. The molecule has 3 rings (SSSR count). The van der Waals surface area contributed by atoms with E-state index in [2.05, 4.69) is 24.3 Å². The Bertz CT molecular complexity index is 599. The smallest absolute Gasteiger partial charge is 0.0453 e. The van der Waals surface area contributed by atoms with Crippen LogP contribution in [0.1, 0.15) is 16.7 Å². The standard InChI is InChI=1S/C17H17Cl2N/c18-15-6-5-13(16(19)10-15)9-17(20)14-7-11-3-1-2-4-12(11)8-14/h1-6,10,14,17H,7-9,20H2. The summed E-state index contributed by atoms with van der Waals surface area (Å²) in [6.45, 7) is 0. The Balaban J connectivity index is 1.70. The number of nitrogens with two attached hydrogens (primary N) is 1. The molecule has 2 aromatic carbocycles. The van der Waals surface area contributed by atoms with Gasteiger partial charge in [0.15, 0.2) is 0 Å². The minimum Gasteiger partial charge on any atom is -0.327 e. The van der Waals surface area contributed by atoms with Gasteiger partial charge in [-0.15, -0.1) is 0 Å². The van der Waals surface area contributed by atoms with Crippen LogP contribution in [0.2, 0.25) is 10.0 Å². The van der Waals surface area contributed by atoms with Crippen molar-refractivity contribution in [2.75, 3.05) is 0 Å². The van der Waals surface area contributed by atoms with Crippen LogP contribution in [0, 0.1) is 5.92 Å². The summed E-state index contributed by atoms with van der Waals surface area (Å²) in [7, 11) is 0. The molecule has 0 bridgehead atoms. The fraction of sp³-hybridized carbons (Fsp3) is 0.294. The first-order chi connectivity index (χ1) is 9.63. The number of hydrogen-bond donors (Lipinski definition) is 1. The summed E-state index contributed by atoms with van der Waals surface area (Å²) in [5.74, 6) is 0.499. The zero-order valence-electron chi connectivity index (χ0n) is 11.2. The minimum absolute atomic E-state index is 0.126. The van der Waals surface area contributed by atoms with Gasteiger partial charge in [0.2, 0.25) is 0 Å². The van der Waals surface area contributed by atoms with Crippen LogP contribution in [-0.4, -0.2) is 6.04 Å². The lowest BCUT2D eigenvalue weighted by Crippen LogP contribution is -2.32. The molecule has 0 spiro atoms. The maximum Gasteiger partial charge on any atom is 0.0453 e. The normalized spacial score (nSPS) is 16.1. The number of rotatable bonds is 3. The molecular formula is C17H17Cl2N. The molecule has 3 heteroatoms. The van der Waals surface area contributed by atoms with Gasteiger partial charge in [-0.1, -0.05) is 53.5 Å². The highest BCUT2D eigenvalue weighted by molar-refractivity contribution is 6.35. The highest BCUT2D eigenvalue weighted by atomic mass is 35.5. The van der Waals surface area contributed by atoms with E-state index in [-0.39, 0.29) is 6.04 Å². The van der Waals surface area contributed by atoms with Gasteiger partial charge in [0.05, 0.1) is 0 Å².